The molecule has 0 unspecified atom stereocenters. The number of hydrogen-bond acceptors (Lipinski definition) is 4. The van der Waals surface area contributed by atoms with Gasteiger partial charge in [0.1, 0.15) is 0 Å². The van der Waals surface area contributed by atoms with Crippen LogP contribution < -0.4 is 10.2 Å². The van der Waals surface area contributed by atoms with E-state index in [1.807, 2.05) is 31.3 Å². The van der Waals surface area contributed by atoms with E-state index in [9.17, 15) is 9.59 Å². The van der Waals surface area contributed by atoms with Crippen molar-refractivity contribution >= 4 is 28.7 Å². The van der Waals surface area contributed by atoms with Crippen molar-refractivity contribution in [2.45, 2.75) is 19.3 Å². The molecule has 5 nitrogen and oxygen atoms in total. The Labute approximate surface area is 155 Å². The van der Waals surface area contributed by atoms with Gasteiger partial charge in [-0.25, -0.2) is 0 Å². The van der Waals surface area contributed by atoms with Gasteiger partial charge in [0, 0.05) is 60.8 Å². The summed E-state index contributed by atoms with van der Waals surface area (Å²) in [4.78, 5) is 28.7. The van der Waals surface area contributed by atoms with Crippen molar-refractivity contribution in [2.75, 3.05) is 45.2 Å². The summed E-state index contributed by atoms with van der Waals surface area (Å²) in [7, 11) is 3.67. The highest BCUT2D eigenvalue weighted by Gasteiger charge is 2.21. The van der Waals surface area contributed by atoms with E-state index in [2.05, 4.69) is 10.2 Å². The third-order valence-corrected chi connectivity index (χ3v) is 5.15. The zero-order valence-electron chi connectivity index (χ0n) is 15.6. The SMILES string of the molecule is CNCCN(C)C(=O)c1ccc(N2CCCCC2)c2cccc(C=O)c12. The van der Waals surface area contributed by atoms with Gasteiger partial charge in [0.25, 0.3) is 5.91 Å². The van der Waals surface area contributed by atoms with E-state index < -0.39 is 0 Å². The molecule has 1 aliphatic heterocycles. The predicted octanol–water partition coefficient (Wildman–Crippen LogP) is 2.93. The lowest BCUT2D eigenvalue weighted by Gasteiger charge is -2.30. The van der Waals surface area contributed by atoms with Crippen LogP contribution in [0.4, 0.5) is 5.69 Å². The number of hydrogen-bond donors (Lipinski definition) is 1. The van der Waals surface area contributed by atoms with E-state index in [1.54, 1.807) is 18.0 Å². The van der Waals surface area contributed by atoms with Gasteiger partial charge >= 0.3 is 0 Å². The Hall–Kier alpha value is -2.40. The lowest BCUT2D eigenvalue weighted by Crippen LogP contribution is -2.33. The normalized spacial score (nSPS) is 14.5. The number of rotatable bonds is 6. The highest BCUT2D eigenvalue weighted by atomic mass is 16.2. The number of anilines is 1. The Bertz CT molecular complexity index is 797. The van der Waals surface area contributed by atoms with Crippen molar-refractivity contribution in [1.29, 1.82) is 0 Å². The average molecular weight is 353 g/mol. The largest absolute Gasteiger partial charge is 0.371 e. The van der Waals surface area contributed by atoms with E-state index >= 15 is 0 Å². The van der Waals surface area contributed by atoms with Crippen molar-refractivity contribution in [2.24, 2.45) is 0 Å². The molecule has 0 radical (unpaired) electrons. The van der Waals surface area contributed by atoms with E-state index in [4.69, 9.17) is 0 Å². The second-order valence-corrected chi connectivity index (χ2v) is 6.90. The molecule has 5 heteroatoms. The number of likely N-dealkylation sites (N-methyl/N-ethyl adjacent to an activating group) is 2. The van der Waals surface area contributed by atoms with Gasteiger partial charge in [-0.2, -0.15) is 0 Å². The molecule has 2 aromatic rings. The summed E-state index contributed by atoms with van der Waals surface area (Å²) in [6.07, 6.45) is 4.48. The van der Waals surface area contributed by atoms with Crippen molar-refractivity contribution in [3.8, 4) is 0 Å². The minimum absolute atomic E-state index is 0.0512. The number of piperidine rings is 1. The van der Waals surface area contributed by atoms with Crippen LogP contribution in [0.3, 0.4) is 0 Å². The zero-order chi connectivity index (χ0) is 18.5. The number of aldehydes is 1. The minimum atomic E-state index is -0.0512. The highest BCUT2D eigenvalue weighted by Crippen LogP contribution is 2.33. The fourth-order valence-corrected chi connectivity index (χ4v) is 3.69. The Morgan fingerprint density at radius 3 is 2.65 bits per heavy atom. The zero-order valence-corrected chi connectivity index (χ0v) is 15.6. The molecule has 26 heavy (non-hydrogen) atoms. The molecule has 1 heterocycles. The molecule has 0 bridgehead atoms. The monoisotopic (exact) mass is 353 g/mol. The Balaban J connectivity index is 2.10. The first kappa shape index (κ1) is 18.4. The molecule has 138 valence electrons. The molecule has 3 rings (SSSR count). The molecule has 0 saturated carbocycles. The third-order valence-electron chi connectivity index (χ3n) is 5.15. The molecule has 0 atom stereocenters. The maximum absolute atomic E-state index is 13.0. The van der Waals surface area contributed by atoms with Gasteiger partial charge < -0.3 is 15.1 Å². The van der Waals surface area contributed by atoms with Crippen LogP contribution in [0, 0.1) is 0 Å². The Kier molecular flexibility index (Phi) is 5.89. The molecule has 0 aromatic heterocycles. The van der Waals surface area contributed by atoms with Crippen LogP contribution in [0.2, 0.25) is 0 Å². The minimum Gasteiger partial charge on any atom is -0.371 e. The number of carbonyl (C=O) groups is 2. The highest BCUT2D eigenvalue weighted by molar-refractivity contribution is 6.15. The topological polar surface area (TPSA) is 52.7 Å². The molecular weight excluding hydrogens is 326 g/mol. The van der Waals surface area contributed by atoms with Crippen LogP contribution in [0.5, 0.6) is 0 Å². The number of nitrogens with zero attached hydrogens (tertiary/aromatic N) is 2. The smallest absolute Gasteiger partial charge is 0.254 e. The average Bonchev–Trinajstić information content (AvgIpc) is 2.70. The van der Waals surface area contributed by atoms with Gasteiger partial charge in [-0.15, -0.1) is 0 Å². The van der Waals surface area contributed by atoms with Crippen molar-refractivity contribution < 1.29 is 9.59 Å². The lowest BCUT2D eigenvalue weighted by molar-refractivity contribution is 0.0799. The van der Waals surface area contributed by atoms with Crippen molar-refractivity contribution in [3.05, 3.63) is 41.5 Å². The van der Waals surface area contributed by atoms with Crippen LogP contribution in [-0.2, 0) is 0 Å². The number of fused-ring (bicyclic) bond motifs is 1. The van der Waals surface area contributed by atoms with Crippen LogP contribution in [0.15, 0.2) is 30.3 Å². The molecule has 2 aromatic carbocycles. The molecule has 1 amide bonds. The Morgan fingerprint density at radius 1 is 1.19 bits per heavy atom. The Morgan fingerprint density at radius 2 is 1.96 bits per heavy atom. The maximum Gasteiger partial charge on any atom is 0.254 e. The van der Waals surface area contributed by atoms with Crippen molar-refractivity contribution in [3.63, 3.8) is 0 Å². The van der Waals surface area contributed by atoms with Crippen LogP contribution in [0.25, 0.3) is 10.8 Å². The van der Waals surface area contributed by atoms with Gasteiger partial charge in [0.15, 0.2) is 6.29 Å². The first-order chi connectivity index (χ1) is 12.7. The number of nitrogens with one attached hydrogen (secondary N) is 1. The van der Waals surface area contributed by atoms with Crippen molar-refractivity contribution in [1.82, 2.24) is 10.2 Å². The fraction of sp³-hybridized carbons (Fsp3) is 0.429. The molecule has 1 aliphatic rings. The van der Waals surface area contributed by atoms with Gasteiger partial charge in [-0.1, -0.05) is 18.2 Å². The van der Waals surface area contributed by atoms with Crippen LogP contribution in [-0.4, -0.2) is 57.4 Å². The van der Waals surface area contributed by atoms with E-state index in [-0.39, 0.29) is 5.91 Å². The van der Waals surface area contributed by atoms with Crippen LogP contribution >= 0.6 is 0 Å². The molecule has 1 N–H and O–H groups in total. The van der Waals surface area contributed by atoms with E-state index in [0.717, 1.165) is 42.4 Å². The third kappa shape index (κ3) is 3.58. The van der Waals surface area contributed by atoms with E-state index in [0.29, 0.717) is 17.7 Å². The quantitative estimate of drug-likeness (QED) is 0.812. The van der Waals surface area contributed by atoms with Crippen LogP contribution in [0.1, 0.15) is 40.0 Å². The maximum atomic E-state index is 13.0. The van der Waals surface area contributed by atoms with Gasteiger partial charge in [0.05, 0.1) is 0 Å². The number of benzene rings is 2. The second kappa shape index (κ2) is 8.32. The molecular formula is C21H27N3O2. The summed E-state index contributed by atoms with van der Waals surface area (Å²) in [6.45, 7) is 3.39. The molecule has 1 fully saturated rings. The van der Waals surface area contributed by atoms with Gasteiger partial charge in [-0.3, -0.25) is 9.59 Å². The standard InChI is InChI=1S/C21H27N3O2/c1-22-11-14-23(2)21(26)18-9-10-19(24-12-4-3-5-13-24)17-8-6-7-16(15-25)20(17)18/h6-10,15,22H,3-5,11-14H2,1-2H3. The number of amides is 1. The summed E-state index contributed by atoms with van der Waals surface area (Å²) >= 11 is 0. The fourth-order valence-electron chi connectivity index (χ4n) is 3.69. The van der Waals surface area contributed by atoms with Gasteiger partial charge in [-0.05, 0) is 38.4 Å². The second-order valence-electron chi connectivity index (χ2n) is 6.90. The summed E-state index contributed by atoms with van der Waals surface area (Å²) in [6, 6.07) is 9.65. The lowest BCUT2D eigenvalue weighted by atomic mass is 9.96. The molecule has 0 spiro atoms. The summed E-state index contributed by atoms with van der Waals surface area (Å²) < 4.78 is 0. The molecule has 0 aliphatic carbocycles. The predicted molar refractivity (Wildman–Crippen MR) is 106 cm³/mol. The number of carbonyl (C=O) groups excluding carboxylic acids is 2. The molecule has 1 saturated heterocycles. The first-order valence-corrected chi connectivity index (χ1v) is 9.33. The van der Waals surface area contributed by atoms with E-state index in [1.165, 1.54) is 19.3 Å². The summed E-state index contributed by atoms with van der Waals surface area (Å²) in [5, 5.41) is 4.82. The summed E-state index contributed by atoms with van der Waals surface area (Å²) in [5.74, 6) is -0.0512. The van der Waals surface area contributed by atoms with Gasteiger partial charge in [0.2, 0.25) is 0 Å². The first-order valence-electron chi connectivity index (χ1n) is 9.33. The summed E-state index contributed by atoms with van der Waals surface area (Å²) in [5.41, 5.74) is 2.30.